The molecule has 0 amide bonds. The topological polar surface area (TPSA) is 66.2 Å². The third kappa shape index (κ3) is 4.30. The Kier molecular flexibility index (Phi) is 6.13. The molecule has 1 aliphatic carbocycles. The molecule has 2 aromatic heterocycles. The number of carbonyl (C=O) groups excluding carboxylic acids is 1. The lowest BCUT2D eigenvalue weighted by Crippen LogP contribution is -2.40. The predicted molar refractivity (Wildman–Crippen MR) is 103 cm³/mol. The lowest BCUT2D eigenvalue weighted by molar-refractivity contribution is -0.266. The Balaban J connectivity index is 1.99. The van der Waals surface area contributed by atoms with Gasteiger partial charge >= 0.3 is 16.9 Å². The fraction of sp³-hybridized carbons (Fsp3) is 0.526. The first-order valence-corrected chi connectivity index (χ1v) is 10.0. The summed E-state index contributed by atoms with van der Waals surface area (Å²) in [6.07, 6.45) is -0.930. The maximum absolute atomic E-state index is 13.6. The van der Waals surface area contributed by atoms with Crippen molar-refractivity contribution in [2.24, 2.45) is 5.92 Å². The first kappa shape index (κ1) is 22.5. The van der Waals surface area contributed by atoms with Crippen molar-refractivity contribution in [2.45, 2.75) is 50.1 Å². The van der Waals surface area contributed by atoms with Gasteiger partial charge in [0.1, 0.15) is 5.75 Å². The highest BCUT2D eigenvalue weighted by Crippen LogP contribution is 2.41. The molecule has 2 heterocycles. The van der Waals surface area contributed by atoms with Crippen molar-refractivity contribution in [3.05, 3.63) is 29.7 Å². The van der Waals surface area contributed by atoms with Crippen LogP contribution in [0.3, 0.4) is 0 Å². The highest BCUT2D eigenvalue weighted by Gasteiger charge is 2.57. The number of aromatic nitrogens is 3. The van der Waals surface area contributed by atoms with Gasteiger partial charge < -0.3 is 9.47 Å². The third-order valence-corrected chi connectivity index (χ3v) is 5.35. The number of halogens is 5. The minimum atomic E-state index is -4.77. The summed E-state index contributed by atoms with van der Waals surface area (Å²) in [5, 5.41) is 4.59. The van der Waals surface area contributed by atoms with Crippen molar-refractivity contribution >= 4 is 21.9 Å². The van der Waals surface area contributed by atoms with E-state index in [-0.39, 0.29) is 17.9 Å². The van der Waals surface area contributed by atoms with Gasteiger partial charge in [-0.15, -0.1) is 0 Å². The lowest BCUT2D eigenvalue weighted by atomic mass is 9.86. The van der Waals surface area contributed by atoms with Crippen LogP contribution in [-0.2, 0) is 22.4 Å². The number of rotatable bonds is 6. The largest absolute Gasteiger partial charge is 0.475 e. The Morgan fingerprint density at radius 3 is 2.60 bits per heavy atom. The highest BCUT2D eigenvalue weighted by molar-refractivity contribution is 9.10. The van der Waals surface area contributed by atoms with E-state index in [0.717, 1.165) is 17.5 Å². The highest BCUT2D eigenvalue weighted by atomic mass is 79.9. The molecule has 0 N–H and O–H groups in total. The minimum absolute atomic E-state index is 0.0206. The molecule has 6 nitrogen and oxygen atoms in total. The first-order valence-electron chi connectivity index (χ1n) is 9.21. The van der Waals surface area contributed by atoms with Crippen molar-refractivity contribution in [3.8, 4) is 17.0 Å². The summed E-state index contributed by atoms with van der Waals surface area (Å²) in [5.74, 6) is -1.11. The smallest absolute Gasteiger partial charge is 0.469 e. The Labute approximate surface area is 178 Å². The summed E-state index contributed by atoms with van der Waals surface area (Å²) in [6.45, 7) is 3.85. The van der Waals surface area contributed by atoms with Gasteiger partial charge in [-0.3, -0.25) is 14.5 Å². The Bertz CT molecular complexity index is 944. The third-order valence-electron chi connectivity index (χ3n) is 4.89. The van der Waals surface area contributed by atoms with Gasteiger partial charge in [0.05, 0.1) is 24.9 Å². The fourth-order valence-corrected chi connectivity index (χ4v) is 3.55. The standard InChI is InChI=1S/C19H20BrF4N3O3/c1-10(2)27-15-7-11(17(28)29-3)4-5-14(15)16(26-27)12-6-13(9-25-8-12)30-19(23,24)18(20,21)22/h6,8-11H,4-5,7H2,1-3H3. The van der Waals surface area contributed by atoms with Crippen LogP contribution >= 0.6 is 15.9 Å². The molecule has 0 bridgehead atoms. The number of esters is 1. The molecule has 3 rings (SSSR count). The number of nitrogens with zero attached hydrogens (tertiary/aromatic N) is 3. The van der Waals surface area contributed by atoms with Crippen molar-refractivity contribution in [1.82, 2.24) is 14.8 Å². The van der Waals surface area contributed by atoms with E-state index in [1.165, 1.54) is 19.4 Å². The summed E-state index contributed by atoms with van der Waals surface area (Å²) in [4.78, 5) is 11.3. The number of hydrogen-bond acceptors (Lipinski definition) is 5. The molecule has 0 aliphatic heterocycles. The molecule has 0 spiro atoms. The van der Waals surface area contributed by atoms with E-state index >= 15 is 0 Å². The summed E-state index contributed by atoms with van der Waals surface area (Å²) in [6, 6.07) is 1.17. The van der Waals surface area contributed by atoms with Crippen LogP contribution in [0.5, 0.6) is 5.75 Å². The number of carbonyl (C=O) groups is 1. The van der Waals surface area contributed by atoms with Crippen LogP contribution in [0, 0.1) is 5.92 Å². The molecule has 11 heteroatoms. The second-order valence-electron chi connectivity index (χ2n) is 7.30. The summed E-state index contributed by atoms with van der Waals surface area (Å²) in [7, 11) is 1.34. The lowest BCUT2D eigenvalue weighted by Gasteiger charge is -2.23. The minimum Gasteiger partial charge on any atom is -0.469 e. The van der Waals surface area contributed by atoms with Crippen molar-refractivity contribution in [1.29, 1.82) is 0 Å². The molecule has 0 saturated heterocycles. The number of alkyl halides is 5. The molecule has 0 aromatic carbocycles. The van der Waals surface area contributed by atoms with Crippen LogP contribution in [0.2, 0.25) is 0 Å². The molecule has 0 radical (unpaired) electrons. The van der Waals surface area contributed by atoms with Gasteiger partial charge in [0.2, 0.25) is 0 Å². The Hall–Kier alpha value is -2.17. The normalized spacial score (nSPS) is 17.0. The zero-order valence-electron chi connectivity index (χ0n) is 16.5. The zero-order chi connectivity index (χ0) is 22.3. The van der Waals surface area contributed by atoms with Crippen molar-refractivity contribution in [2.75, 3.05) is 7.11 Å². The van der Waals surface area contributed by atoms with Crippen molar-refractivity contribution in [3.63, 3.8) is 0 Å². The Morgan fingerprint density at radius 2 is 2.00 bits per heavy atom. The monoisotopic (exact) mass is 493 g/mol. The average Bonchev–Trinajstić information content (AvgIpc) is 3.05. The van der Waals surface area contributed by atoms with Gasteiger partial charge in [0.25, 0.3) is 0 Å². The molecule has 1 aliphatic rings. The zero-order valence-corrected chi connectivity index (χ0v) is 18.1. The molecular formula is C19H20BrF4N3O3. The van der Waals surface area contributed by atoms with Gasteiger partial charge in [-0.2, -0.15) is 22.7 Å². The molecule has 164 valence electrons. The summed E-state index contributed by atoms with van der Waals surface area (Å²) in [5.41, 5.74) is 2.56. The second-order valence-corrected chi connectivity index (χ2v) is 8.30. The van der Waals surface area contributed by atoms with Crippen molar-refractivity contribution < 1.29 is 31.8 Å². The average molecular weight is 494 g/mol. The van der Waals surface area contributed by atoms with Crippen LogP contribution < -0.4 is 4.74 Å². The molecule has 0 fully saturated rings. The van der Waals surface area contributed by atoms with Gasteiger partial charge in [-0.1, -0.05) is 0 Å². The summed E-state index contributed by atoms with van der Waals surface area (Å²) >= 11 is 1.63. The van der Waals surface area contributed by atoms with Gasteiger partial charge in [0, 0.05) is 51.4 Å². The SMILES string of the molecule is COC(=O)C1CCc2c(-c3cncc(OC(F)(F)C(F)(F)Br)c3)nn(C(C)C)c2C1. The van der Waals surface area contributed by atoms with E-state index in [0.29, 0.717) is 30.5 Å². The number of methoxy groups -OCH3 is 1. The molecule has 1 unspecified atom stereocenters. The number of ether oxygens (including phenoxy) is 2. The predicted octanol–water partition coefficient (Wildman–Crippen LogP) is 4.76. The molecule has 30 heavy (non-hydrogen) atoms. The molecular weight excluding hydrogens is 474 g/mol. The van der Waals surface area contributed by atoms with Crippen LogP contribution in [-0.4, -0.2) is 38.8 Å². The van der Waals surface area contributed by atoms with Crippen LogP contribution in [0.25, 0.3) is 11.3 Å². The number of fused-ring (bicyclic) bond motifs is 1. The molecule has 2 aromatic rings. The summed E-state index contributed by atoms with van der Waals surface area (Å²) < 4.78 is 64.0. The second kappa shape index (κ2) is 8.16. The van der Waals surface area contributed by atoms with E-state index in [1.807, 2.05) is 13.8 Å². The van der Waals surface area contributed by atoms with E-state index in [9.17, 15) is 22.4 Å². The van der Waals surface area contributed by atoms with E-state index < -0.39 is 16.7 Å². The first-order chi connectivity index (χ1) is 13.9. The molecule has 0 saturated carbocycles. The van der Waals surface area contributed by atoms with Gasteiger partial charge in [-0.25, -0.2) is 0 Å². The number of hydrogen-bond donors (Lipinski definition) is 0. The van der Waals surface area contributed by atoms with Crippen LogP contribution in [0.15, 0.2) is 18.5 Å². The number of pyridine rings is 1. The maximum Gasteiger partial charge on any atom is 0.475 e. The van der Waals surface area contributed by atoms with Gasteiger partial charge in [-0.05, 0) is 32.8 Å². The van der Waals surface area contributed by atoms with Gasteiger partial charge in [0.15, 0.2) is 0 Å². The molecule has 1 atom stereocenters. The van der Waals surface area contributed by atoms with E-state index in [2.05, 4.69) is 14.8 Å². The van der Waals surface area contributed by atoms with Crippen LogP contribution in [0.4, 0.5) is 17.6 Å². The maximum atomic E-state index is 13.6. The van der Waals surface area contributed by atoms with E-state index in [1.54, 1.807) is 20.6 Å². The van der Waals surface area contributed by atoms with E-state index in [4.69, 9.17) is 4.74 Å². The quantitative estimate of drug-likeness (QED) is 0.329. The Morgan fingerprint density at radius 1 is 1.30 bits per heavy atom. The fourth-order valence-electron chi connectivity index (χ4n) is 3.47. The van der Waals surface area contributed by atoms with Crippen LogP contribution in [0.1, 0.15) is 37.6 Å².